The summed E-state index contributed by atoms with van der Waals surface area (Å²) in [7, 11) is 0. The molecule has 0 radical (unpaired) electrons. The largest absolute Gasteiger partial charge is 0.373 e. The number of fused-ring (bicyclic) bond motifs is 5. The van der Waals surface area contributed by atoms with Gasteiger partial charge < -0.3 is 4.74 Å². The summed E-state index contributed by atoms with van der Waals surface area (Å²) >= 11 is 0. The fraction of sp³-hybridized carbons (Fsp3) is 0.600. The molecule has 7 nitrogen and oxygen atoms in total. The molecule has 1 aromatic rings. The summed E-state index contributed by atoms with van der Waals surface area (Å²) in [5, 5.41) is 8.38. The van der Waals surface area contributed by atoms with Gasteiger partial charge in [0.05, 0.1) is 24.0 Å². The maximum Gasteiger partial charge on any atom is 0.255 e. The molecule has 17 heavy (non-hydrogen) atoms. The van der Waals surface area contributed by atoms with Crippen LogP contribution in [-0.4, -0.2) is 38.9 Å². The molecular weight excluding hydrogens is 224 g/mol. The van der Waals surface area contributed by atoms with Crippen molar-refractivity contribution in [1.82, 2.24) is 14.9 Å². The zero-order chi connectivity index (χ0) is 11.6. The molecule has 0 aliphatic carbocycles. The summed E-state index contributed by atoms with van der Waals surface area (Å²) in [6.45, 7) is 0. The number of hydrogen-bond donors (Lipinski definition) is 0. The van der Waals surface area contributed by atoms with Gasteiger partial charge in [0.25, 0.3) is 11.8 Å². The van der Waals surface area contributed by atoms with Gasteiger partial charge in [-0.3, -0.25) is 9.59 Å². The highest BCUT2D eigenvalue weighted by atomic mass is 16.5. The molecule has 0 N–H and O–H groups in total. The SMILES string of the molecule is O=C1[C@@H]2[C@@H](C(=O)N1n1cnnc1)[C@@H]1CC[C@@H]2O1. The zero-order valence-electron chi connectivity index (χ0n) is 8.89. The predicted octanol–water partition coefficient (Wildman–Crippen LogP) is -0.924. The molecule has 3 aliphatic heterocycles. The van der Waals surface area contributed by atoms with Crippen molar-refractivity contribution in [1.29, 1.82) is 0 Å². The Kier molecular flexibility index (Phi) is 1.60. The number of ether oxygens (including phenoxy) is 1. The molecule has 3 saturated heterocycles. The standard InChI is InChI=1S/C10H10N4O3/c15-9-7-5-1-2-6(17-5)8(7)10(16)14(9)13-3-11-12-4-13/h3-8H,1-2H2/t5-,6-,7-,8-/m0/s1. The summed E-state index contributed by atoms with van der Waals surface area (Å²) < 4.78 is 6.99. The maximum absolute atomic E-state index is 12.2. The summed E-state index contributed by atoms with van der Waals surface area (Å²) in [4.78, 5) is 24.5. The minimum Gasteiger partial charge on any atom is -0.373 e. The van der Waals surface area contributed by atoms with Gasteiger partial charge in [0.2, 0.25) is 0 Å². The van der Waals surface area contributed by atoms with Crippen molar-refractivity contribution in [3.05, 3.63) is 12.7 Å². The van der Waals surface area contributed by atoms with Crippen molar-refractivity contribution < 1.29 is 14.3 Å². The van der Waals surface area contributed by atoms with Crippen molar-refractivity contribution in [2.24, 2.45) is 11.8 Å². The summed E-state index contributed by atoms with van der Waals surface area (Å²) in [5.74, 6) is -0.980. The van der Waals surface area contributed by atoms with Gasteiger partial charge in [0.15, 0.2) is 0 Å². The van der Waals surface area contributed by atoms with Crippen molar-refractivity contribution in [3.63, 3.8) is 0 Å². The van der Waals surface area contributed by atoms with Crippen LogP contribution in [0.3, 0.4) is 0 Å². The molecule has 3 aliphatic rings. The molecule has 0 unspecified atom stereocenters. The lowest BCUT2D eigenvalue weighted by molar-refractivity contribution is -0.127. The van der Waals surface area contributed by atoms with E-state index in [-0.39, 0.29) is 35.9 Å². The van der Waals surface area contributed by atoms with Gasteiger partial charge in [-0.05, 0) is 12.8 Å². The second kappa shape index (κ2) is 2.92. The molecule has 7 heteroatoms. The van der Waals surface area contributed by atoms with Crippen molar-refractivity contribution in [2.45, 2.75) is 25.0 Å². The topological polar surface area (TPSA) is 77.3 Å². The van der Waals surface area contributed by atoms with E-state index in [9.17, 15) is 9.59 Å². The minimum absolute atomic E-state index is 0.0806. The Hall–Kier alpha value is -1.76. The number of carbonyl (C=O) groups is 2. The van der Waals surface area contributed by atoms with Crippen molar-refractivity contribution in [3.8, 4) is 0 Å². The number of imide groups is 1. The van der Waals surface area contributed by atoms with Gasteiger partial charge >= 0.3 is 0 Å². The van der Waals surface area contributed by atoms with Crippen LogP contribution in [0.25, 0.3) is 0 Å². The highest BCUT2D eigenvalue weighted by Crippen LogP contribution is 2.47. The second-order valence-corrected chi connectivity index (χ2v) is 4.67. The number of rotatable bonds is 1. The molecule has 4 heterocycles. The van der Waals surface area contributed by atoms with E-state index in [0.717, 1.165) is 17.9 Å². The quantitative estimate of drug-likeness (QED) is 0.587. The normalized spacial score (nSPS) is 39.2. The minimum atomic E-state index is -0.302. The van der Waals surface area contributed by atoms with Crippen LogP contribution in [0.15, 0.2) is 12.7 Å². The fourth-order valence-electron chi connectivity index (χ4n) is 3.22. The van der Waals surface area contributed by atoms with Gasteiger partial charge in [-0.1, -0.05) is 0 Å². The molecule has 3 fully saturated rings. The summed E-state index contributed by atoms with van der Waals surface area (Å²) in [6.07, 6.45) is 4.31. The smallest absolute Gasteiger partial charge is 0.255 e. The average molecular weight is 234 g/mol. The number of aromatic nitrogens is 3. The molecule has 4 rings (SSSR count). The van der Waals surface area contributed by atoms with E-state index in [1.54, 1.807) is 0 Å². The number of amides is 2. The molecule has 1 aromatic heterocycles. The lowest BCUT2D eigenvalue weighted by atomic mass is 9.81. The van der Waals surface area contributed by atoms with Gasteiger partial charge in [-0.2, -0.15) is 5.01 Å². The number of hydrogen-bond acceptors (Lipinski definition) is 5. The summed E-state index contributed by atoms with van der Waals surface area (Å²) in [6, 6.07) is 0. The molecule has 0 spiro atoms. The van der Waals surface area contributed by atoms with Crippen LogP contribution in [0.2, 0.25) is 0 Å². The molecule has 2 amide bonds. The molecule has 0 saturated carbocycles. The van der Waals surface area contributed by atoms with Crippen LogP contribution < -0.4 is 5.01 Å². The van der Waals surface area contributed by atoms with Crippen LogP contribution in [0, 0.1) is 11.8 Å². The molecule has 0 aromatic carbocycles. The first-order valence-electron chi connectivity index (χ1n) is 5.65. The highest BCUT2D eigenvalue weighted by molar-refractivity contribution is 6.17. The van der Waals surface area contributed by atoms with Crippen molar-refractivity contribution >= 4 is 11.8 Å². The monoisotopic (exact) mass is 234 g/mol. The molecule has 4 atom stereocenters. The Morgan fingerprint density at radius 1 is 1.06 bits per heavy atom. The second-order valence-electron chi connectivity index (χ2n) is 4.67. The average Bonchev–Trinajstić information content (AvgIpc) is 3.03. The van der Waals surface area contributed by atoms with Crippen LogP contribution >= 0.6 is 0 Å². The third-order valence-electron chi connectivity index (χ3n) is 3.90. The van der Waals surface area contributed by atoms with Gasteiger partial charge in [-0.15, -0.1) is 10.2 Å². The zero-order valence-corrected chi connectivity index (χ0v) is 8.89. The van der Waals surface area contributed by atoms with Gasteiger partial charge in [-0.25, -0.2) is 4.68 Å². The maximum atomic E-state index is 12.2. The third kappa shape index (κ3) is 0.998. The van der Waals surface area contributed by atoms with Gasteiger partial charge in [0, 0.05) is 0 Å². The Morgan fingerprint density at radius 3 is 2.12 bits per heavy atom. The first-order chi connectivity index (χ1) is 8.27. The molecule has 2 bridgehead atoms. The first kappa shape index (κ1) is 9.29. The lowest BCUT2D eigenvalue weighted by Crippen LogP contribution is -2.42. The van der Waals surface area contributed by atoms with Crippen LogP contribution in [0.5, 0.6) is 0 Å². The Bertz CT molecular complexity index is 472. The predicted molar refractivity (Wildman–Crippen MR) is 53.1 cm³/mol. The van der Waals surface area contributed by atoms with E-state index < -0.39 is 0 Å². The van der Waals surface area contributed by atoms with E-state index in [2.05, 4.69) is 10.2 Å². The number of nitrogens with zero attached hydrogens (tertiary/aromatic N) is 4. The van der Waals surface area contributed by atoms with Crippen LogP contribution in [-0.2, 0) is 14.3 Å². The van der Waals surface area contributed by atoms with E-state index in [1.165, 1.54) is 17.3 Å². The third-order valence-corrected chi connectivity index (χ3v) is 3.90. The number of carbonyl (C=O) groups excluding carboxylic acids is 2. The Labute approximate surface area is 96.3 Å². The molecular formula is C10H10N4O3. The molecule has 88 valence electrons. The van der Waals surface area contributed by atoms with Crippen LogP contribution in [0.1, 0.15) is 12.8 Å². The lowest BCUT2D eigenvalue weighted by Gasteiger charge is -2.16. The van der Waals surface area contributed by atoms with E-state index in [1.807, 2.05) is 0 Å². The van der Waals surface area contributed by atoms with Gasteiger partial charge in [0.1, 0.15) is 12.7 Å². The first-order valence-corrected chi connectivity index (χ1v) is 5.65. The fourth-order valence-corrected chi connectivity index (χ4v) is 3.22. The van der Waals surface area contributed by atoms with Crippen LogP contribution in [0.4, 0.5) is 0 Å². The van der Waals surface area contributed by atoms with E-state index in [0.29, 0.717) is 0 Å². The highest BCUT2D eigenvalue weighted by Gasteiger charge is 2.63. The summed E-state index contributed by atoms with van der Waals surface area (Å²) in [5.41, 5.74) is 0. The van der Waals surface area contributed by atoms with E-state index in [4.69, 9.17) is 4.74 Å². The van der Waals surface area contributed by atoms with Crippen molar-refractivity contribution in [2.75, 3.05) is 5.01 Å². The van der Waals surface area contributed by atoms with E-state index >= 15 is 0 Å². The Morgan fingerprint density at radius 2 is 1.59 bits per heavy atom. The Balaban J connectivity index is 1.77.